The molecule has 0 heterocycles. The number of aliphatic carboxylic acids is 1. The molecule has 104 valence electrons. The highest BCUT2D eigenvalue weighted by Gasteiger charge is 2.26. The van der Waals surface area contributed by atoms with Crippen LogP contribution in [0.25, 0.3) is 0 Å². The average Bonchev–Trinajstić information content (AvgIpc) is 2.40. The zero-order valence-electron chi connectivity index (χ0n) is 10.6. The number of nitrogens with one attached hydrogen (secondary N) is 1. The topological polar surface area (TPSA) is 69.6 Å². The van der Waals surface area contributed by atoms with E-state index < -0.39 is 5.97 Å². The van der Waals surface area contributed by atoms with Gasteiger partial charge in [0.2, 0.25) is 0 Å². The van der Waals surface area contributed by atoms with Crippen molar-refractivity contribution in [2.75, 3.05) is 0 Å². The van der Waals surface area contributed by atoms with E-state index in [0.29, 0.717) is 18.0 Å². The molecule has 0 bridgehead atoms. The smallest absolute Gasteiger partial charge is 0.306 e. The van der Waals surface area contributed by atoms with Crippen LogP contribution >= 0.6 is 11.6 Å². The van der Waals surface area contributed by atoms with Gasteiger partial charge in [-0.3, -0.25) is 4.79 Å². The van der Waals surface area contributed by atoms with Gasteiger partial charge >= 0.3 is 5.97 Å². The predicted octanol–water partition coefficient (Wildman–Crippen LogP) is 2.78. The van der Waals surface area contributed by atoms with Crippen LogP contribution in [0.3, 0.4) is 0 Å². The lowest BCUT2D eigenvalue weighted by Crippen LogP contribution is -2.36. The summed E-state index contributed by atoms with van der Waals surface area (Å²) in [6.45, 7) is 0.636. The highest BCUT2D eigenvalue weighted by atomic mass is 35.5. The molecule has 1 saturated carbocycles. The SMILES string of the molecule is O=C(O)C1CCCC(NCc2ccc(O)c(Cl)c2)C1. The maximum Gasteiger partial charge on any atom is 0.306 e. The first kappa shape index (κ1) is 14.2. The molecule has 2 atom stereocenters. The molecular formula is C14H18ClNO3. The number of benzene rings is 1. The van der Waals surface area contributed by atoms with Crippen LogP contribution in [-0.4, -0.2) is 22.2 Å². The fourth-order valence-corrected chi connectivity index (χ4v) is 2.73. The molecule has 1 aromatic rings. The minimum atomic E-state index is -0.695. The van der Waals surface area contributed by atoms with Gasteiger partial charge in [0.1, 0.15) is 5.75 Å². The number of phenolic OH excluding ortho intramolecular Hbond substituents is 1. The number of phenols is 1. The fourth-order valence-electron chi connectivity index (χ4n) is 2.52. The zero-order chi connectivity index (χ0) is 13.8. The van der Waals surface area contributed by atoms with Gasteiger partial charge in [-0.05, 0) is 37.0 Å². The number of carboxylic acid groups (broad SMARTS) is 1. The predicted molar refractivity (Wildman–Crippen MR) is 73.3 cm³/mol. The molecule has 5 heteroatoms. The quantitative estimate of drug-likeness (QED) is 0.795. The van der Waals surface area contributed by atoms with Crippen LogP contribution in [0, 0.1) is 5.92 Å². The Morgan fingerprint density at radius 3 is 2.89 bits per heavy atom. The van der Waals surface area contributed by atoms with E-state index in [1.165, 1.54) is 0 Å². The van der Waals surface area contributed by atoms with Gasteiger partial charge in [0.05, 0.1) is 10.9 Å². The second-order valence-electron chi connectivity index (χ2n) is 5.07. The van der Waals surface area contributed by atoms with Crippen LogP contribution in [0.4, 0.5) is 0 Å². The van der Waals surface area contributed by atoms with Crippen molar-refractivity contribution in [1.29, 1.82) is 0 Å². The van der Waals surface area contributed by atoms with Crippen LogP contribution in [-0.2, 0) is 11.3 Å². The third-order valence-electron chi connectivity index (χ3n) is 3.63. The summed E-state index contributed by atoms with van der Waals surface area (Å²) in [4.78, 5) is 11.0. The lowest BCUT2D eigenvalue weighted by Gasteiger charge is -2.27. The fraction of sp³-hybridized carbons (Fsp3) is 0.500. The number of rotatable bonds is 4. The first-order chi connectivity index (χ1) is 9.06. The lowest BCUT2D eigenvalue weighted by molar-refractivity contribution is -0.143. The molecule has 1 aliphatic carbocycles. The molecule has 0 amide bonds. The van der Waals surface area contributed by atoms with Crippen molar-refractivity contribution >= 4 is 17.6 Å². The van der Waals surface area contributed by atoms with Crippen molar-refractivity contribution in [3.05, 3.63) is 28.8 Å². The van der Waals surface area contributed by atoms with Crippen LogP contribution < -0.4 is 5.32 Å². The Morgan fingerprint density at radius 1 is 1.42 bits per heavy atom. The second kappa shape index (κ2) is 6.26. The number of halogens is 1. The van der Waals surface area contributed by atoms with Crippen molar-refractivity contribution < 1.29 is 15.0 Å². The normalized spacial score (nSPS) is 23.2. The third-order valence-corrected chi connectivity index (χ3v) is 3.93. The minimum absolute atomic E-state index is 0.0778. The van der Waals surface area contributed by atoms with Crippen LogP contribution in [0.15, 0.2) is 18.2 Å². The van der Waals surface area contributed by atoms with E-state index in [0.717, 1.165) is 24.8 Å². The van der Waals surface area contributed by atoms with E-state index in [2.05, 4.69) is 5.32 Å². The van der Waals surface area contributed by atoms with Gasteiger partial charge in [0.25, 0.3) is 0 Å². The molecule has 2 rings (SSSR count). The number of hydrogen-bond donors (Lipinski definition) is 3. The number of carboxylic acids is 1. The molecule has 1 aliphatic rings. The van der Waals surface area contributed by atoms with Gasteiger partial charge in [-0.25, -0.2) is 0 Å². The molecule has 0 radical (unpaired) electrons. The molecule has 0 aromatic heterocycles. The van der Waals surface area contributed by atoms with Crippen molar-refractivity contribution in [3.8, 4) is 5.75 Å². The lowest BCUT2D eigenvalue weighted by atomic mass is 9.86. The number of aromatic hydroxyl groups is 1. The number of hydrogen-bond acceptors (Lipinski definition) is 3. The Hall–Kier alpha value is -1.26. The van der Waals surface area contributed by atoms with Gasteiger partial charge in [-0.1, -0.05) is 24.1 Å². The van der Waals surface area contributed by atoms with Crippen LogP contribution in [0.5, 0.6) is 5.75 Å². The maximum atomic E-state index is 11.0. The summed E-state index contributed by atoms with van der Waals surface area (Å²) in [6.07, 6.45) is 3.42. The Bertz CT molecular complexity index is 464. The molecular weight excluding hydrogens is 266 g/mol. The maximum absolute atomic E-state index is 11.0. The van der Waals surface area contributed by atoms with E-state index in [1.54, 1.807) is 12.1 Å². The summed E-state index contributed by atoms with van der Waals surface area (Å²) < 4.78 is 0. The summed E-state index contributed by atoms with van der Waals surface area (Å²) in [5, 5.41) is 22.1. The Kier molecular flexibility index (Phi) is 4.66. The summed E-state index contributed by atoms with van der Waals surface area (Å²) in [6, 6.07) is 5.34. The van der Waals surface area contributed by atoms with Crippen LogP contribution in [0.2, 0.25) is 5.02 Å². The second-order valence-corrected chi connectivity index (χ2v) is 5.47. The molecule has 2 unspecified atom stereocenters. The molecule has 19 heavy (non-hydrogen) atoms. The summed E-state index contributed by atoms with van der Waals surface area (Å²) >= 11 is 5.84. The van der Waals surface area contributed by atoms with Gasteiger partial charge in [-0.15, -0.1) is 0 Å². The number of carbonyl (C=O) groups is 1. The van der Waals surface area contributed by atoms with Gasteiger partial charge in [-0.2, -0.15) is 0 Å². The third kappa shape index (κ3) is 3.85. The average molecular weight is 284 g/mol. The van der Waals surface area contributed by atoms with E-state index in [-0.39, 0.29) is 17.7 Å². The Balaban J connectivity index is 1.87. The van der Waals surface area contributed by atoms with E-state index >= 15 is 0 Å². The molecule has 3 N–H and O–H groups in total. The Morgan fingerprint density at radius 2 is 2.21 bits per heavy atom. The highest BCUT2D eigenvalue weighted by molar-refractivity contribution is 6.32. The molecule has 0 spiro atoms. The van der Waals surface area contributed by atoms with E-state index in [1.807, 2.05) is 6.07 Å². The first-order valence-corrected chi connectivity index (χ1v) is 6.87. The summed E-state index contributed by atoms with van der Waals surface area (Å²) in [5.41, 5.74) is 0.986. The minimum Gasteiger partial charge on any atom is -0.506 e. The van der Waals surface area contributed by atoms with Crippen molar-refractivity contribution in [2.24, 2.45) is 5.92 Å². The van der Waals surface area contributed by atoms with Gasteiger partial charge < -0.3 is 15.5 Å². The van der Waals surface area contributed by atoms with E-state index in [4.69, 9.17) is 16.7 Å². The molecule has 0 aliphatic heterocycles. The monoisotopic (exact) mass is 283 g/mol. The van der Waals surface area contributed by atoms with Gasteiger partial charge in [0.15, 0.2) is 0 Å². The largest absolute Gasteiger partial charge is 0.506 e. The van der Waals surface area contributed by atoms with E-state index in [9.17, 15) is 9.90 Å². The molecule has 0 saturated heterocycles. The Labute approximate surface area is 117 Å². The first-order valence-electron chi connectivity index (χ1n) is 6.50. The standard InChI is InChI=1S/C14H18ClNO3/c15-12-6-9(4-5-13(12)17)8-16-11-3-1-2-10(7-11)14(18)19/h4-6,10-11,16-17H,1-3,7-8H2,(H,18,19). The molecule has 1 aromatic carbocycles. The molecule has 1 fully saturated rings. The summed E-state index contributed by atoms with van der Waals surface area (Å²) in [5.74, 6) is -0.845. The molecule has 4 nitrogen and oxygen atoms in total. The van der Waals surface area contributed by atoms with Gasteiger partial charge in [0, 0.05) is 12.6 Å². The van der Waals surface area contributed by atoms with Crippen molar-refractivity contribution in [1.82, 2.24) is 5.32 Å². The van der Waals surface area contributed by atoms with Crippen molar-refractivity contribution in [2.45, 2.75) is 38.3 Å². The zero-order valence-corrected chi connectivity index (χ0v) is 11.4. The van der Waals surface area contributed by atoms with Crippen molar-refractivity contribution in [3.63, 3.8) is 0 Å². The van der Waals surface area contributed by atoms with Crippen LogP contribution in [0.1, 0.15) is 31.2 Å². The highest BCUT2D eigenvalue weighted by Crippen LogP contribution is 2.26. The summed E-state index contributed by atoms with van der Waals surface area (Å²) in [7, 11) is 0.